The van der Waals surface area contributed by atoms with Crippen molar-refractivity contribution in [3.63, 3.8) is 0 Å². The van der Waals surface area contributed by atoms with Crippen molar-refractivity contribution in [3.05, 3.63) is 11.7 Å². The van der Waals surface area contributed by atoms with Crippen LogP contribution in [0.1, 0.15) is 25.6 Å². The highest BCUT2D eigenvalue weighted by molar-refractivity contribution is 5.73. The van der Waals surface area contributed by atoms with Gasteiger partial charge in [0, 0.05) is 19.5 Å². The predicted molar refractivity (Wildman–Crippen MR) is 63.6 cm³/mol. The molecule has 0 spiro atoms. The molecule has 6 heteroatoms. The molecule has 0 aromatic carbocycles. The van der Waals surface area contributed by atoms with E-state index in [0.29, 0.717) is 30.7 Å². The van der Waals surface area contributed by atoms with Crippen LogP contribution in [-0.2, 0) is 22.5 Å². The summed E-state index contributed by atoms with van der Waals surface area (Å²) in [5, 5.41) is 3.92. The van der Waals surface area contributed by atoms with Crippen LogP contribution in [0.5, 0.6) is 0 Å². The Morgan fingerprint density at radius 1 is 1.56 bits per heavy atom. The third kappa shape index (κ3) is 2.69. The molecular formula is C12H19N3O3. The molecule has 0 amide bonds. The van der Waals surface area contributed by atoms with Gasteiger partial charge in [0.25, 0.3) is 0 Å². The molecule has 2 unspecified atom stereocenters. The number of nitrogens with zero attached hydrogens (tertiary/aromatic N) is 3. The molecule has 0 saturated carbocycles. The van der Waals surface area contributed by atoms with Crippen LogP contribution in [0.2, 0.25) is 0 Å². The van der Waals surface area contributed by atoms with Crippen molar-refractivity contribution in [1.29, 1.82) is 0 Å². The maximum atomic E-state index is 11.6. The van der Waals surface area contributed by atoms with Crippen LogP contribution in [0.4, 0.5) is 0 Å². The van der Waals surface area contributed by atoms with E-state index in [4.69, 9.17) is 9.26 Å². The number of carbonyl (C=O) groups excluding carboxylic acids is 1. The SMILES string of the molecule is CCc1nc(CN2CC(C)C(C(=O)OC)C2)no1. The summed E-state index contributed by atoms with van der Waals surface area (Å²) in [6.07, 6.45) is 0.744. The minimum absolute atomic E-state index is 0.0486. The number of hydrogen-bond acceptors (Lipinski definition) is 6. The van der Waals surface area contributed by atoms with E-state index in [9.17, 15) is 4.79 Å². The van der Waals surface area contributed by atoms with Gasteiger partial charge in [-0.3, -0.25) is 9.69 Å². The normalized spacial score (nSPS) is 24.4. The van der Waals surface area contributed by atoms with E-state index in [0.717, 1.165) is 13.0 Å². The molecule has 1 aliphatic rings. The van der Waals surface area contributed by atoms with Crippen molar-refractivity contribution >= 4 is 5.97 Å². The molecule has 0 radical (unpaired) electrons. The monoisotopic (exact) mass is 253 g/mol. The topological polar surface area (TPSA) is 68.5 Å². The summed E-state index contributed by atoms with van der Waals surface area (Å²) in [5.41, 5.74) is 0. The zero-order valence-electron chi connectivity index (χ0n) is 11.0. The molecule has 2 rings (SSSR count). The molecule has 0 aliphatic carbocycles. The number of ether oxygens (including phenoxy) is 1. The second-order valence-corrected chi connectivity index (χ2v) is 4.76. The Balaban J connectivity index is 1.94. The van der Waals surface area contributed by atoms with Crippen LogP contribution in [0.25, 0.3) is 0 Å². The van der Waals surface area contributed by atoms with Gasteiger partial charge in [-0.2, -0.15) is 4.98 Å². The number of rotatable bonds is 4. The Kier molecular flexibility index (Phi) is 3.96. The van der Waals surface area contributed by atoms with E-state index >= 15 is 0 Å². The fraction of sp³-hybridized carbons (Fsp3) is 0.750. The van der Waals surface area contributed by atoms with Gasteiger partial charge in [-0.15, -0.1) is 0 Å². The van der Waals surface area contributed by atoms with Gasteiger partial charge in [-0.25, -0.2) is 0 Å². The third-order valence-electron chi connectivity index (χ3n) is 3.37. The number of aromatic nitrogens is 2. The van der Waals surface area contributed by atoms with E-state index < -0.39 is 0 Å². The van der Waals surface area contributed by atoms with Gasteiger partial charge in [0.1, 0.15) is 0 Å². The number of carbonyl (C=O) groups is 1. The van der Waals surface area contributed by atoms with Crippen molar-refractivity contribution in [2.24, 2.45) is 11.8 Å². The Labute approximate surface area is 106 Å². The van der Waals surface area contributed by atoms with Crippen molar-refractivity contribution in [2.45, 2.75) is 26.8 Å². The fourth-order valence-corrected chi connectivity index (χ4v) is 2.35. The van der Waals surface area contributed by atoms with Crippen molar-refractivity contribution in [2.75, 3.05) is 20.2 Å². The number of aryl methyl sites for hydroxylation is 1. The highest BCUT2D eigenvalue weighted by Gasteiger charge is 2.35. The first-order valence-electron chi connectivity index (χ1n) is 6.25. The summed E-state index contributed by atoms with van der Waals surface area (Å²) in [6.45, 7) is 6.22. The molecule has 1 aliphatic heterocycles. The summed E-state index contributed by atoms with van der Waals surface area (Å²) in [4.78, 5) is 18.0. The van der Waals surface area contributed by atoms with Gasteiger partial charge in [0.2, 0.25) is 5.89 Å². The summed E-state index contributed by atoms with van der Waals surface area (Å²) < 4.78 is 9.88. The van der Waals surface area contributed by atoms with Gasteiger partial charge in [0.05, 0.1) is 19.6 Å². The summed E-state index contributed by atoms with van der Waals surface area (Å²) >= 11 is 0. The van der Waals surface area contributed by atoms with Crippen molar-refractivity contribution < 1.29 is 14.1 Å². The van der Waals surface area contributed by atoms with Crippen LogP contribution >= 0.6 is 0 Å². The van der Waals surface area contributed by atoms with Gasteiger partial charge < -0.3 is 9.26 Å². The molecule has 1 aromatic heterocycles. The second kappa shape index (κ2) is 5.48. The van der Waals surface area contributed by atoms with Crippen molar-refractivity contribution in [1.82, 2.24) is 15.0 Å². The zero-order chi connectivity index (χ0) is 13.1. The van der Waals surface area contributed by atoms with Gasteiger partial charge in [0.15, 0.2) is 5.82 Å². The van der Waals surface area contributed by atoms with Crippen LogP contribution in [0.3, 0.4) is 0 Å². The standard InChI is InChI=1S/C12H19N3O3/c1-4-11-13-10(14-18-11)7-15-5-8(2)9(6-15)12(16)17-3/h8-9H,4-7H2,1-3H3. The van der Waals surface area contributed by atoms with E-state index in [1.807, 2.05) is 6.92 Å². The average Bonchev–Trinajstić information content (AvgIpc) is 2.95. The smallest absolute Gasteiger partial charge is 0.310 e. The first kappa shape index (κ1) is 13.0. The number of likely N-dealkylation sites (tertiary alicyclic amines) is 1. The first-order chi connectivity index (χ1) is 8.63. The number of hydrogen-bond donors (Lipinski definition) is 0. The fourth-order valence-electron chi connectivity index (χ4n) is 2.35. The highest BCUT2D eigenvalue weighted by atomic mass is 16.5. The molecule has 1 saturated heterocycles. The van der Waals surface area contributed by atoms with Crippen LogP contribution < -0.4 is 0 Å². The summed E-state index contributed by atoms with van der Waals surface area (Å²) in [5.74, 6) is 1.46. The Morgan fingerprint density at radius 2 is 2.33 bits per heavy atom. The minimum Gasteiger partial charge on any atom is -0.469 e. The lowest BCUT2D eigenvalue weighted by Gasteiger charge is -2.12. The molecule has 18 heavy (non-hydrogen) atoms. The van der Waals surface area contributed by atoms with Crippen LogP contribution in [0.15, 0.2) is 4.52 Å². The molecule has 2 atom stereocenters. The lowest BCUT2D eigenvalue weighted by Crippen LogP contribution is -2.24. The van der Waals surface area contributed by atoms with Gasteiger partial charge >= 0.3 is 5.97 Å². The lowest BCUT2D eigenvalue weighted by atomic mass is 9.99. The number of esters is 1. The molecular weight excluding hydrogens is 234 g/mol. The quantitative estimate of drug-likeness (QED) is 0.742. The zero-order valence-corrected chi connectivity index (χ0v) is 11.0. The average molecular weight is 253 g/mol. The largest absolute Gasteiger partial charge is 0.469 e. The van der Waals surface area contributed by atoms with E-state index in [2.05, 4.69) is 22.0 Å². The van der Waals surface area contributed by atoms with E-state index in [1.165, 1.54) is 7.11 Å². The summed E-state index contributed by atoms with van der Waals surface area (Å²) in [7, 11) is 1.43. The molecule has 100 valence electrons. The lowest BCUT2D eigenvalue weighted by molar-refractivity contribution is -0.146. The molecule has 1 fully saturated rings. The minimum atomic E-state index is -0.132. The van der Waals surface area contributed by atoms with Gasteiger partial charge in [-0.1, -0.05) is 19.0 Å². The van der Waals surface area contributed by atoms with E-state index in [-0.39, 0.29) is 11.9 Å². The molecule has 1 aromatic rings. The van der Waals surface area contributed by atoms with Crippen LogP contribution in [-0.4, -0.2) is 41.2 Å². The van der Waals surface area contributed by atoms with Gasteiger partial charge in [-0.05, 0) is 5.92 Å². The van der Waals surface area contributed by atoms with Crippen molar-refractivity contribution in [3.8, 4) is 0 Å². The number of methoxy groups -OCH3 is 1. The first-order valence-corrected chi connectivity index (χ1v) is 6.25. The molecule has 0 bridgehead atoms. The molecule has 2 heterocycles. The Hall–Kier alpha value is -1.43. The van der Waals surface area contributed by atoms with E-state index in [1.54, 1.807) is 0 Å². The molecule has 6 nitrogen and oxygen atoms in total. The highest BCUT2D eigenvalue weighted by Crippen LogP contribution is 2.24. The Morgan fingerprint density at radius 3 is 2.94 bits per heavy atom. The maximum absolute atomic E-state index is 11.6. The second-order valence-electron chi connectivity index (χ2n) is 4.76. The Bertz CT molecular complexity index is 418. The van der Waals surface area contributed by atoms with Crippen LogP contribution in [0, 0.1) is 11.8 Å². The third-order valence-corrected chi connectivity index (χ3v) is 3.37. The molecule has 0 N–H and O–H groups in total. The predicted octanol–water partition coefficient (Wildman–Crippen LogP) is 0.873. The maximum Gasteiger partial charge on any atom is 0.310 e. The summed E-state index contributed by atoms with van der Waals surface area (Å²) in [6, 6.07) is 0.